The molecule has 3 rings (SSSR count). The van der Waals surface area contributed by atoms with Crippen molar-refractivity contribution in [2.45, 2.75) is 11.8 Å². The highest BCUT2D eigenvalue weighted by molar-refractivity contribution is 7.90. The molecule has 3 nitrogen and oxygen atoms in total. The van der Waals surface area contributed by atoms with Crippen molar-refractivity contribution in [2.24, 2.45) is 0 Å². The Morgan fingerprint density at radius 2 is 1.65 bits per heavy atom. The molecule has 1 aromatic heterocycles. The molecule has 0 fully saturated rings. The molecule has 0 bridgehead atoms. The van der Waals surface area contributed by atoms with Crippen molar-refractivity contribution < 1.29 is 8.42 Å². The maximum Gasteiger partial charge on any atom is 0.268 e. The van der Waals surface area contributed by atoms with Crippen molar-refractivity contribution in [3.05, 3.63) is 65.3 Å². The van der Waals surface area contributed by atoms with Crippen LogP contribution in [0.3, 0.4) is 0 Å². The van der Waals surface area contributed by atoms with E-state index in [0.717, 1.165) is 10.9 Å². The number of nitrogens with zero attached hydrogens (tertiary/aromatic N) is 1. The van der Waals surface area contributed by atoms with E-state index in [0.29, 0.717) is 10.5 Å². The first-order chi connectivity index (χ1) is 9.50. The van der Waals surface area contributed by atoms with Crippen LogP contribution in [-0.2, 0) is 10.0 Å². The second kappa shape index (κ2) is 4.65. The predicted molar refractivity (Wildman–Crippen MR) is 80.7 cm³/mol. The van der Waals surface area contributed by atoms with Crippen molar-refractivity contribution in [2.75, 3.05) is 0 Å². The first-order valence-corrected chi connectivity index (χ1v) is 7.90. The number of hydrogen-bond acceptors (Lipinski definition) is 2. The minimum Gasteiger partial charge on any atom is -0.240 e. The summed E-state index contributed by atoms with van der Waals surface area (Å²) in [5.41, 5.74) is 1.59. The summed E-state index contributed by atoms with van der Waals surface area (Å²) in [7, 11) is -3.63. The third-order valence-corrected chi connectivity index (χ3v) is 5.20. The van der Waals surface area contributed by atoms with Gasteiger partial charge >= 0.3 is 0 Å². The lowest BCUT2D eigenvalue weighted by Crippen LogP contribution is -2.11. The van der Waals surface area contributed by atoms with Crippen LogP contribution < -0.4 is 0 Å². The molecule has 1 heterocycles. The number of benzene rings is 2. The maximum atomic E-state index is 12.7. The Kier molecular flexibility index (Phi) is 3.07. The molecule has 0 saturated carbocycles. The fourth-order valence-electron chi connectivity index (χ4n) is 2.13. The van der Waals surface area contributed by atoms with E-state index in [1.165, 1.54) is 10.2 Å². The van der Waals surface area contributed by atoms with Crippen molar-refractivity contribution in [1.29, 1.82) is 0 Å². The fraction of sp³-hybridized carbons (Fsp3) is 0.0667. The van der Waals surface area contributed by atoms with Gasteiger partial charge in [0.15, 0.2) is 0 Å². The SMILES string of the molecule is Cc1ccc(S(=O)(=O)n2cc(Cl)c3ccccc32)cc1. The molecular formula is C15H12ClNO2S. The normalized spacial score (nSPS) is 11.9. The van der Waals surface area contributed by atoms with Crippen molar-refractivity contribution >= 4 is 32.5 Å². The van der Waals surface area contributed by atoms with Gasteiger partial charge in [0.1, 0.15) is 0 Å². The minimum atomic E-state index is -3.63. The summed E-state index contributed by atoms with van der Waals surface area (Å²) in [5, 5.41) is 1.15. The summed E-state index contributed by atoms with van der Waals surface area (Å²) >= 11 is 6.11. The molecule has 0 N–H and O–H groups in total. The van der Waals surface area contributed by atoms with Crippen molar-refractivity contribution in [1.82, 2.24) is 3.97 Å². The fourth-order valence-corrected chi connectivity index (χ4v) is 3.82. The first-order valence-electron chi connectivity index (χ1n) is 6.08. The van der Waals surface area contributed by atoms with Gasteiger partial charge in [-0.15, -0.1) is 0 Å². The van der Waals surface area contributed by atoms with Crippen LogP contribution in [0, 0.1) is 6.92 Å². The Labute approximate surface area is 122 Å². The smallest absolute Gasteiger partial charge is 0.240 e. The van der Waals surface area contributed by atoms with E-state index in [1.807, 2.05) is 13.0 Å². The van der Waals surface area contributed by atoms with Gasteiger partial charge in [0.25, 0.3) is 10.0 Å². The zero-order chi connectivity index (χ0) is 14.3. The van der Waals surface area contributed by atoms with Crippen molar-refractivity contribution in [3.63, 3.8) is 0 Å². The molecular weight excluding hydrogens is 294 g/mol. The van der Waals surface area contributed by atoms with Crippen LogP contribution >= 0.6 is 11.6 Å². The Morgan fingerprint density at radius 1 is 1.00 bits per heavy atom. The molecule has 3 aromatic rings. The van der Waals surface area contributed by atoms with Gasteiger partial charge in [0, 0.05) is 11.6 Å². The number of aryl methyl sites for hydroxylation is 1. The van der Waals surface area contributed by atoms with E-state index < -0.39 is 10.0 Å². The van der Waals surface area contributed by atoms with E-state index in [9.17, 15) is 8.42 Å². The van der Waals surface area contributed by atoms with E-state index in [-0.39, 0.29) is 4.90 Å². The quantitative estimate of drug-likeness (QED) is 0.721. The summed E-state index contributed by atoms with van der Waals surface area (Å²) in [6.07, 6.45) is 1.45. The third kappa shape index (κ3) is 2.01. The van der Waals surface area contributed by atoms with Gasteiger partial charge in [-0.05, 0) is 25.1 Å². The second-order valence-corrected chi connectivity index (χ2v) is 6.83. The predicted octanol–water partition coefficient (Wildman–Crippen LogP) is 3.84. The molecule has 0 amide bonds. The van der Waals surface area contributed by atoms with Crippen molar-refractivity contribution in [3.8, 4) is 0 Å². The standard InChI is InChI=1S/C15H12ClNO2S/c1-11-6-8-12(9-7-11)20(18,19)17-10-14(16)13-4-2-3-5-15(13)17/h2-10H,1H3. The molecule has 0 atom stereocenters. The third-order valence-electron chi connectivity index (χ3n) is 3.21. The Hall–Kier alpha value is -1.78. The highest BCUT2D eigenvalue weighted by Crippen LogP contribution is 2.28. The summed E-state index contributed by atoms with van der Waals surface area (Å²) < 4.78 is 26.6. The summed E-state index contributed by atoms with van der Waals surface area (Å²) in [5.74, 6) is 0. The van der Waals surface area contributed by atoms with Gasteiger partial charge in [0.05, 0.1) is 15.4 Å². The summed E-state index contributed by atoms with van der Waals surface area (Å²) in [6, 6.07) is 13.9. The van der Waals surface area contributed by atoms with Gasteiger partial charge in [-0.25, -0.2) is 12.4 Å². The molecule has 0 radical (unpaired) electrons. The Bertz CT molecular complexity index is 880. The molecule has 0 saturated heterocycles. The molecule has 5 heteroatoms. The molecule has 0 aliphatic rings. The zero-order valence-corrected chi connectivity index (χ0v) is 12.3. The highest BCUT2D eigenvalue weighted by Gasteiger charge is 2.20. The average Bonchev–Trinajstić information content (AvgIpc) is 2.78. The number of aromatic nitrogens is 1. The lowest BCUT2D eigenvalue weighted by atomic mass is 10.2. The minimum absolute atomic E-state index is 0.250. The van der Waals surface area contributed by atoms with Crippen LogP contribution in [0.25, 0.3) is 10.9 Å². The highest BCUT2D eigenvalue weighted by atomic mass is 35.5. The number of fused-ring (bicyclic) bond motifs is 1. The Balaban J connectivity index is 2.27. The summed E-state index contributed by atoms with van der Waals surface area (Å²) in [6.45, 7) is 1.92. The molecule has 0 aliphatic heterocycles. The number of para-hydroxylation sites is 1. The number of halogens is 1. The van der Waals surface area contributed by atoms with Crippen LogP contribution in [0.2, 0.25) is 5.02 Å². The first kappa shape index (κ1) is 13.2. The Morgan fingerprint density at radius 3 is 2.35 bits per heavy atom. The molecule has 20 heavy (non-hydrogen) atoms. The van der Waals surface area contributed by atoms with E-state index in [2.05, 4.69) is 0 Å². The zero-order valence-electron chi connectivity index (χ0n) is 10.7. The van der Waals surface area contributed by atoms with Gasteiger partial charge < -0.3 is 0 Å². The average molecular weight is 306 g/mol. The van der Waals surface area contributed by atoms with Crippen LogP contribution in [0.5, 0.6) is 0 Å². The van der Waals surface area contributed by atoms with Crippen LogP contribution in [0.1, 0.15) is 5.56 Å². The lowest BCUT2D eigenvalue weighted by Gasteiger charge is -2.07. The van der Waals surface area contributed by atoms with Crippen LogP contribution in [-0.4, -0.2) is 12.4 Å². The maximum absolute atomic E-state index is 12.7. The van der Waals surface area contributed by atoms with Crippen LogP contribution in [0.15, 0.2) is 59.6 Å². The molecule has 2 aromatic carbocycles. The van der Waals surface area contributed by atoms with Gasteiger partial charge in [0.2, 0.25) is 0 Å². The van der Waals surface area contributed by atoms with Crippen LogP contribution in [0.4, 0.5) is 0 Å². The molecule has 0 spiro atoms. The molecule has 102 valence electrons. The molecule has 0 aliphatic carbocycles. The number of hydrogen-bond donors (Lipinski definition) is 0. The van der Waals surface area contributed by atoms with Gasteiger partial charge in [-0.1, -0.05) is 47.5 Å². The van der Waals surface area contributed by atoms with E-state index in [4.69, 9.17) is 11.6 Å². The monoisotopic (exact) mass is 305 g/mol. The summed E-state index contributed by atoms with van der Waals surface area (Å²) in [4.78, 5) is 0.250. The topological polar surface area (TPSA) is 39.1 Å². The lowest BCUT2D eigenvalue weighted by molar-refractivity contribution is 0.589. The molecule has 0 unspecified atom stereocenters. The number of rotatable bonds is 2. The second-order valence-electron chi connectivity index (χ2n) is 4.61. The van der Waals surface area contributed by atoms with Gasteiger partial charge in [-0.3, -0.25) is 0 Å². The largest absolute Gasteiger partial charge is 0.268 e. The van der Waals surface area contributed by atoms with E-state index in [1.54, 1.807) is 42.5 Å². The van der Waals surface area contributed by atoms with Gasteiger partial charge in [-0.2, -0.15) is 0 Å². The van der Waals surface area contributed by atoms with E-state index >= 15 is 0 Å².